The number of anilines is 1. The van der Waals surface area contributed by atoms with Crippen LogP contribution in [-0.4, -0.2) is 72.8 Å². The number of nitrogens with two attached hydrogens (primary N) is 1. The molecule has 3 aromatic rings. The Morgan fingerprint density at radius 1 is 1.24 bits per heavy atom. The molecule has 206 valence electrons. The van der Waals surface area contributed by atoms with E-state index in [1.807, 2.05) is 0 Å². The molecule has 0 bridgehead atoms. The summed E-state index contributed by atoms with van der Waals surface area (Å²) < 4.78 is 50.6. The summed E-state index contributed by atoms with van der Waals surface area (Å²) in [6.07, 6.45) is -5.84. The Kier molecular flexibility index (Phi) is 8.25. The third-order valence-electron chi connectivity index (χ3n) is 5.47. The van der Waals surface area contributed by atoms with Crippen LogP contribution < -0.4 is 15.3 Å². The Hall–Kier alpha value is -3.20. The lowest BCUT2D eigenvalue weighted by molar-refractivity contribution is -0.149. The summed E-state index contributed by atoms with van der Waals surface area (Å²) in [6, 6.07) is 7.00. The van der Waals surface area contributed by atoms with Crippen molar-refractivity contribution in [1.82, 2.24) is 24.6 Å². The van der Waals surface area contributed by atoms with Gasteiger partial charge in [-0.1, -0.05) is 18.2 Å². The van der Waals surface area contributed by atoms with Crippen LogP contribution in [0.2, 0.25) is 0 Å². The lowest BCUT2D eigenvalue weighted by Crippen LogP contribution is -2.38. The maximum absolute atomic E-state index is 13.8. The lowest BCUT2D eigenvalue weighted by atomic mass is 10.1. The van der Waals surface area contributed by atoms with Gasteiger partial charge in [-0.3, -0.25) is 13.9 Å². The minimum Gasteiger partial charge on any atom is -0.462 e. The smallest absolute Gasteiger partial charge is 0.459 e. The molecule has 1 aromatic carbocycles. The molecule has 14 nitrogen and oxygen atoms in total. The van der Waals surface area contributed by atoms with E-state index in [0.717, 1.165) is 0 Å². The Labute approximate surface area is 216 Å². The number of halogens is 1. The van der Waals surface area contributed by atoms with Crippen molar-refractivity contribution < 1.29 is 42.5 Å². The first-order chi connectivity index (χ1) is 18.0. The highest BCUT2D eigenvalue weighted by atomic mass is 31.2. The molecule has 1 aliphatic heterocycles. The van der Waals surface area contributed by atoms with Crippen LogP contribution in [0.25, 0.3) is 11.2 Å². The number of benzene rings is 1. The third kappa shape index (κ3) is 6.09. The number of carbonyl (C=O) groups is 1. The molecule has 5 N–H and O–H groups in total. The lowest BCUT2D eigenvalue weighted by Gasteiger charge is -2.25. The topological polar surface area (TPSA) is 193 Å². The standard InChI is InChI=1S/C22H28FN6O8P/c1-11(2)35-21(32)12(3)28-38(33,37-13-7-5-4-6-8-13)34-9-14-16(30)17(31)20(36-14)29-10-25-15-18(24)26-22(23)27-19(15)29/h4-8,10-12,14,16-17,20,30-31H,9H2,1-3H3,(H,28,33)(H2,24,26,27)/t12-,14-,16-,17+,20-,38?/m1/s1. The zero-order chi connectivity index (χ0) is 27.6. The monoisotopic (exact) mass is 554 g/mol. The first-order valence-corrected chi connectivity index (χ1v) is 13.2. The summed E-state index contributed by atoms with van der Waals surface area (Å²) in [6.45, 7) is 4.22. The van der Waals surface area contributed by atoms with E-state index in [2.05, 4.69) is 20.0 Å². The van der Waals surface area contributed by atoms with Crippen LogP contribution in [0.4, 0.5) is 10.2 Å². The van der Waals surface area contributed by atoms with Gasteiger partial charge in [0.25, 0.3) is 0 Å². The molecule has 0 amide bonds. The van der Waals surface area contributed by atoms with E-state index in [9.17, 15) is 24.0 Å². The number of ether oxygens (including phenoxy) is 2. The van der Waals surface area contributed by atoms with Crippen molar-refractivity contribution in [3.05, 3.63) is 42.7 Å². The number of rotatable bonds is 10. The first-order valence-electron chi connectivity index (χ1n) is 11.6. The van der Waals surface area contributed by atoms with Gasteiger partial charge in [-0.15, -0.1) is 0 Å². The maximum atomic E-state index is 13.8. The van der Waals surface area contributed by atoms with Gasteiger partial charge < -0.3 is 29.9 Å². The molecule has 16 heteroatoms. The summed E-state index contributed by atoms with van der Waals surface area (Å²) in [5.41, 5.74) is 5.69. The van der Waals surface area contributed by atoms with Gasteiger partial charge in [0.15, 0.2) is 23.2 Å². The predicted octanol–water partition coefficient (Wildman–Crippen LogP) is 1.30. The molecule has 1 unspecified atom stereocenters. The van der Waals surface area contributed by atoms with E-state index in [1.165, 1.54) is 30.0 Å². The van der Waals surface area contributed by atoms with Crippen molar-refractivity contribution >= 4 is 30.7 Å². The fraction of sp³-hybridized carbons (Fsp3) is 0.455. The molecule has 0 saturated carbocycles. The van der Waals surface area contributed by atoms with Crippen LogP contribution in [0.15, 0.2) is 36.7 Å². The van der Waals surface area contributed by atoms with Gasteiger partial charge in [-0.25, -0.2) is 9.55 Å². The molecule has 1 fully saturated rings. The highest BCUT2D eigenvalue weighted by Crippen LogP contribution is 2.46. The van der Waals surface area contributed by atoms with Gasteiger partial charge in [0.1, 0.15) is 30.1 Å². The molecule has 0 aliphatic carbocycles. The normalized spacial score (nSPS) is 23.9. The van der Waals surface area contributed by atoms with Gasteiger partial charge >= 0.3 is 19.8 Å². The number of nitrogens with one attached hydrogen (secondary N) is 1. The summed E-state index contributed by atoms with van der Waals surface area (Å²) in [5.74, 6) is -0.717. The van der Waals surface area contributed by atoms with Crippen LogP contribution in [0.3, 0.4) is 0 Å². The summed E-state index contributed by atoms with van der Waals surface area (Å²) in [7, 11) is -4.25. The summed E-state index contributed by atoms with van der Waals surface area (Å²) in [4.78, 5) is 23.4. The van der Waals surface area contributed by atoms with E-state index >= 15 is 0 Å². The van der Waals surface area contributed by atoms with Crippen LogP contribution >= 0.6 is 7.75 Å². The number of para-hydroxylation sites is 1. The van der Waals surface area contributed by atoms with Crippen LogP contribution in [0.5, 0.6) is 5.75 Å². The fourth-order valence-corrected chi connectivity index (χ4v) is 5.20. The number of esters is 1. The fourth-order valence-electron chi connectivity index (χ4n) is 3.70. The van der Waals surface area contributed by atoms with Gasteiger partial charge in [0.05, 0.1) is 19.0 Å². The number of carbonyl (C=O) groups excluding carboxylic acids is 1. The van der Waals surface area contributed by atoms with Crippen molar-refractivity contribution in [3.63, 3.8) is 0 Å². The van der Waals surface area contributed by atoms with Gasteiger partial charge in [0.2, 0.25) is 0 Å². The SMILES string of the molecule is CC(C)OC(=O)[C@@H](C)NP(=O)(OC[C@H]1O[C@@H](n2cnc3c(N)nc(F)nc32)[C@@H](O)[C@@H]1O)Oc1ccccc1. The van der Waals surface area contributed by atoms with Crippen molar-refractivity contribution in [2.75, 3.05) is 12.3 Å². The number of aliphatic hydroxyl groups excluding tert-OH is 2. The predicted molar refractivity (Wildman–Crippen MR) is 130 cm³/mol. The number of nitrogen functional groups attached to an aromatic ring is 1. The van der Waals surface area contributed by atoms with Crippen molar-refractivity contribution in [2.24, 2.45) is 0 Å². The molecule has 1 aliphatic rings. The van der Waals surface area contributed by atoms with Gasteiger partial charge in [-0.05, 0) is 32.9 Å². The molecule has 6 atom stereocenters. The van der Waals surface area contributed by atoms with E-state index < -0.39 is 63.1 Å². The Balaban J connectivity index is 1.51. The molecule has 1 saturated heterocycles. The zero-order valence-corrected chi connectivity index (χ0v) is 21.6. The first kappa shape index (κ1) is 27.8. The van der Waals surface area contributed by atoms with Crippen molar-refractivity contribution in [1.29, 1.82) is 0 Å². The Morgan fingerprint density at radius 2 is 1.95 bits per heavy atom. The number of hydrogen-bond donors (Lipinski definition) is 4. The van der Waals surface area contributed by atoms with Crippen LogP contribution in [-0.2, 0) is 23.4 Å². The second kappa shape index (κ2) is 11.3. The van der Waals surface area contributed by atoms with Gasteiger partial charge in [0, 0.05) is 0 Å². The average molecular weight is 554 g/mol. The van der Waals surface area contributed by atoms with Crippen molar-refractivity contribution in [2.45, 2.75) is 57.5 Å². The highest BCUT2D eigenvalue weighted by Gasteiger charge is 2.46. The number of aromatic nitrogens is 4. The van der Waals surface area contributed by atoms with E-state index in [4.69, 9.17) is 24.3 Å². The largest absolute Gasteiger partial charge is 0.462 e. The third-order valence-corrected chi connectivity index (χ3v) is 7.11. The Bertz CT molecular complexity index is 1330. The molecule has 0 radical (unpaired) electrons. The molecule has 38 heavy (non-hydrogen) atoms. The van der Waals surface area contributed by atoms with Gasteiger partial charge in [-0.2, -0.15) is 19.4 Å². The second-order valence-electron chi connectivity index (χ2n) is 8.78. The minimum absolute atomic E-state index is 0.0648. The molecule has 3 heterocycles. The van der Waals surface area contributed by atoms with Crippen LogP contribution in [0, 0.1) is 6.08 Å². The van der Waals surface area contributed by atoms with E-state index in [0.29, 0.717) is 0 Å². The molecule has 4 rings (SSSR count). The summed E-state index contributed by atoms with van der Waals surface area (Å²) >= 11 is 0. The van der Waals surface area contributed by atoms with E-state index in [-0.39, 0.29) is 22.7 Å². The summed E-state index contributed by atoms with van der Waals surface area (Å²) in [5, 5.41) is 23.8. The molecule has 2 aromatic heterocycles. The Morgan fingerprint density at radius 3 is 2.63 bits per heavy atom. The molecule has 0 spiro atoms. The number of imidazole rings is 1. The molecular weight excluding hydrogens is 526 g/mol. The number of hydrogen-bond acceptors (Lipinski definition) is 12. The zero-order valence-electron chi connectivity index (χ0n) is 20.7. The van der Waals surface area contributed by atoms with Crippen LogP contribution in [0.1, 0.15) is 27.0 Å². The minimum atomic E-state index is -4.25. The number of aliphatic hydroxyl groups is 2. The molecular formula is C22H28FN6O8P. The number of fused-ring (bicyclic) bond motifs is 1. The maximum Gasteiger partial charge on any atom is 0.459 e. The quantitative estimate of drug-likeness (QED) is 0.159. The highest BCUT2D eigenvalue weighted by molar-refractivity contribution is 7.52. The second-order valence-corrected chi connectivity index (χ2v) is 10.5. The number of nitrogens with zero attached hydrogens (tertiary/aromatic N) is 4. The van der Waals surface area contributed by atoms with Crippen molar-refractivity contribution in [3.8, 4) is 5.75 Å². The van der Waals surface area contributed by atoms with E-state index in [1.54, 1.807) is 32.0 Å². The average Bonchev–Trinajstić information content (AvgIpc) is 3.39.